The van der Waals surface area contributed by atoms with E-state index in [0.29, 0.717) is 40.2 Å². The lowest BCUT2D eigenvalue weighted by atomic mass is 9.63. The van der Waals surface area contributed by atoms with Crippen LogP contribution < -0.4 is 0 Å². The highest BCUT2D eigenvalue weighted by Gasteiger charge is 2.49. The molecule has 27 heavy (non-hydrogen) atoms. The van der Waals surface area contributed by atoms with Gasteiger partial charge in [0, 0.05) is 25.2 Å². The third kappa shape index (κ3) is 3.06. The minimum Gasteiger partial charge on any atom is -0.332 e. The lowest BCUT2D eigenvalue weighted by Crippen LogP contribution is -2.59. The zero-order valence-electron chi connectivity index (χ0n) is 15.8. The van der Waals surface area contributed by atoms with Crippen LogP contribution in [0.5, 0.6) is 0 Å². The van der Waals surface area contributed by atoms with Gasteiger partial charge in [0.1, 0.15) is 4.21 Å². The predicted molar refractivity (Wildman–Crippen MR) is 105 cm³/mol. The standard InChI is InChI=1S/C20H28N2O3S2/c1-13-4-6-21(7-5-13)27(24,25)19-3-2-18(26-19)20(23)22-16-9-14-8-15(11-16)12-17(22)10-14/h2-3,13-17H,4-12H2,1H3. The fourth-order valence-electron chi connectivity index (χ4n) is 5.92. The second-order valence-electron chi connectivity index (χ2n) is 9.14. The summed E-state index contributed by atoms with van der Waals surface area (Å²) < 4.78 is 27.8. The second-order valence-corrected chi connectivity index (χ2v) is 12.4. The van der Waals surface area contributed by atoms with Crippen LogP contribution in [-0.2, 0) is 10.0 Å². The molecule has 3 saturated heterocycles. The molecule has 0 aromatic carbocycles. The highest BCUT2D eigenvalue weighted by Crippen LogP contribution is 2.49. The van der Waals surface area contributed by atoms with Gasteiger partial charge in [0.15, 0.2) is 0 Å². The number of rotatable bonds is 3. The normalized spacial score (nSPS) is 34.3. The van der Waals surface area contributed by atoms with Crippen molar-refractivity contribution in [2.24, 2.45) is 17.8 Å². The molecular formula is C20H28N2O3S2. The topological polar surface area (TPSA) is 57.7 Å². The van der Waals surface area contributed by atoms with E-state index in [-0.39, 0.29) is 5.91 Å². The van der Waals surface area contributed by atoms with Gasteiger partial charge < -0.3 is 4.90 Å². The van der Waals surface area contributed by atoms with Gasteiger partial charge >= 0.3 is 0 Å². The molecule has 5 fully saturated rings. The van der Waals surface area contributed by atoms with Crippen molar-refractivity contribution in [1.82, 2.24) is 9.21 Å². The summed E-state index contributed by atoms with van der Waals surface area (Å²) in [7, 11) is -3.47. The van der Waals surface area contributed by atoms with Crippen LogP contribution in [0, 0.1) is 17.8 Å². The lowest BCUT2D eigenvalue weighted by Gasteiger charge is -2.56. The summed E-state index contributed by atoms with van der Waals surface area (Å²) in [6, 6.07) is 4.12. The molecule has 0 spiro atoms. The zero-order valence-corrected chi connectivity index (χ0v) is 17.5. The Hall–Kier alpha value is -0.920. The molecule has 4 bridgehead atoms. The first-order valence-corrected chi connectivity index (χ1v) is 12.6. The third-order valence-corrected chi connectivity index (χ3v) is 10.7. The molecular weight excluding hydrogens is 380 g/mol. The largest absolute Gasteiger partial charge is 0.332 e. The van der Waals surface area contributed by atoms with Gasteiger partial charge in [0.05, 0.1) is 4.88 Å². The van der Waals surface area contributed by atoms with Crippen molar-refractivity contribution in [1.29, 1.82) is 0 Å². The van der Waals surface area contributed by atoms with Gasteiger partial charge in [0.2, 0.25) is 0 Å². The fourth-order valence-corrected chi connectivity index (χ4v) is 8.79. The van der Waals surface area contributed by atoms with E-state index in [4.69, 9.17) is 0 Å². The summed E-state index contributed by atoms with van der Waals surface area (Å²) in [5.74, 6) is 2.25. The van der Waals surface area contributed by atoms with Crippen LogP contribution in [0.25, 0.3) is 0 Å². The zero-order chi connectivity index (χ0) is 18.8. The van der Waals surface area contributed by atoms with E-state index < -0.39 is 10.0 Å². The maximum Gasteiger partial charge on any atom is 0.264 e. The summed E-state index contributed by atoms with van der Waals surface area (Å²) >= 11 is 1.17. The summed E-state index contributed by atoms with van der Waals surface area (Å²) in [5, 5.41) is 0. The summed E-state index contributed by atoms with van der Waals surface area (Å²) in [6.45, 7) is 3.35. The highest BCUT2D eigenvalue weighted by atomic mass is 32.2. The van der Waals surface area contributed by atoms with Crippen LogP contribution in [0.1, 0.15) is 61.5 Å². The quantitative estimate of drug-likeness (QED) is 0.768. The van der Waals surface area contributed by atoms with E-state index in [2.05, 4.69) is 11.8 Å². The first-order chi connectivity index (χ1) is 12.9. The van der Waals surface area contributed by atoms with Crippen LogP contribution >= 0.6 is 11.3 Å². The van der Waals surface area contributed by atoms with Gasteiger partial charge in [-0.05, 0) is 74.8 Å². The Balaban J connectivity index is 1.35. The molecule has 1 aromatic heterocycles. The van der Waals surface area contributed by atoms with Gasteiger partial charge in [-0.3, -0.25) is 4.79 Å². The Kier molecular flexibility index (Phi) is 4.41. The van der Waals surface area contributed by atoms with E-state index in [1.807, 2.05) is 0 Å². The van der Waals surface area contributed by atoms with Crippen LogP contribution in [0.2, 0.25) is 0 Å². The summed E-state index contributed by atoms with van der Waals surface area (Å²) in [4.78, 5) is 15.9. The number of hydrogen-bond acceptors (Lipinski definition) is 4. The van der Waals surface area contributed by atoms with E-state index in [9.17, 15) is 13.2 Å². The minimum atomic E-state index is -3.47. The number of hydrogen-bond donors (Lipinski definition) is 0. The van der Waals surface area contributed by atoms with E-state index in [1.165, 1.54) is 17.8 Å². The SMILES string of the molecule is CC1CCN(S(=O)(=O)c2ccc(C(=O)N3C4CC5CC(C4)CC3C5)s2)CC1. The fraction of sp³-hybridized carbons (Fsp3) is 0.750. The Morgan fingerprint density at radius 2 is 1.59 bits per heavy atom. The average molecular weight is 409 g/mol. The molecule has 4 heterocycles. The molecule has 3 aliphatic heterocycles. The lowest BCUT2D eigenvalue weighted by molar-refractivity contribution is -0.0413. The number of amides is 1. The smallest absolute Gasteiger partial charge is 0.264 e. The molecule has 6 rings (SSSR count). The van der Waals surface area contributed by atoms with Crippen LogP contribution in [0.15, 0.2) is 16.3 Å². The number of thiophene rings is 1. The minimum absolute atomic E-state index is 0.0579. The first-order valence-electron chi connectivity index (χ1n) is 10.3. The highest BCUT2D eigenvalue weighted by molar-refractivity contribution is 7.91. The maximum atomic E-state index is 13.2. The molecule has 1 aromatic rings. The predicted octanol–water partition coefficient (Wildman–Crippen LogP) is 3.57. The maximum absolute atomic E-state index is 13.2. The molecule has 7 heteroatoms. The third-order valence-electron chi connectivity index (χ3n) is 7.24. The van der Waals surface area contributed by atoms with Gasteiger partial charge in [-0.2, -0.15) is 4.31 Å². The van der Waals surface area contributed by atoms with Crippen molar-refractivity contribution in [3.63, 3.8) is 0 Å². The first kappa shape index (κ1) is 18.1. The Bertz CT molecular complexity index is 811. The van der Waals surface area contributed by atoms with E-state index in [1.54, 1.807) is 16.4 Å². The monoisotopic (exact) mass is 408 g/mol. The van der Waals surface area contributed by atoms with Gasteiger partial charge in [-0.15, -0.1) is 11.3 Å². The Labute approximate surface area is 165 Å². The van der Waals surface area contributed by atoms with Gasteiger partial charge in [-0.25, -0.2) is 8.42 Å². The molecule has 2 saturated carbocycles. The second kappa shape index (κ2) is 6.56. The van der Waals surface area contributed by atoms with Crippen molar-refractivity contribution in [3.05, 3.63) is 17.0 Å². The molecule has 5 aliphatic rings. The Morgan fingerprint density at radius 1 is 1.00 bits per heavy atom. The molecule has 0 atom stereocenters. The van der Waals surface area contributed by atoms with Crippen LogP contribution in [0.4, 0.5) is 0 Å². The van der Waals surface area contributed by atoms with Crippen molar-refractivity contribution < 1.29 is 13.2 Å². The summed E-state index contributed by atoms with van der Waals surface area (Å²) in [6.07, 6.45) is 7.74. The molecule has 5 nitrogen and oxygen atoms in total. The van der Waals surface area contributed by atoms with Crippen molar-refractivity contribution in [2.45, 2.75) is 68.2 Å². The van der Waals surface area contributed by atoms with Crippen molar-refractivity contribution >= 4 is 27.3 Å². The molecule has 148 valence electrons. The van der Waals surface area contributed by atoms with Crippen LogP contribution in [0.3, 0.4) is 0 Å². The molecule has 1 amide bonds. The average Bonchev–Trinajstić information content (AvgIpc) is 3.12. The Morgan fingerprint density at radius 3 is 2.19 bits per heavy atom. The molecule has 2 aliphatic carbocycles. The van der Waals surface area contributed by atoms with Gasteiger partial charge in [-0.1, -0.05) is 6.92 Å². The van der Waals surface area contributed by atoms with E-state index >= 15 is 0 Å². The number of carbonyl (C=O) groups is 1. The molecule has 0 N–H and O–H groups in total. The number of sulfonamides is 1. The summed E-state index contributed by atoms with van der Waals surface area (Å²) in [5.41, 5.74) is 0. The van der Waals surface area contributed by atoms with Crippen LogP contribution in [-0.4, -0.2) is 48.7 Å². The van der Waals surface area contributed by atoms with E-state index in [0.717, 1.165) is 50.4 Å². The number of carbonyl (C=O) groups excluding carboxylic acids is 1. The molecule has 0 unspecified atom stereocenters. The molecule has 0 radical (unpaired) electrons. The number of piperidine rings is 3. The van der Waals surface area contributed by atoms with Gasteiger partial charge in [0.25, 0.3) is 15.9 Å². The number of nitrogens with zero attached hydrogens (tertiary/aromatic N) is 2. The van der Waals surface area contributed by atoms with Crippen molar-refractivity contribution in [3.8, 4) is 0 Å². The van der Waals surface area contributed by atoms with Crippen molar-refractivity contribution in [2.75, 3.05) is 13.1 Å².